The van der Waals surface area contributed by atoms with Crippen molar-refractivity contribution < 1.29 is 34.5 Å². The molecule has 0 amide bonds. The molecule has 4 N–H and O–H groups in total. The van der Waals surface area contributed by atoms with Crippen LogP contribution in [0.5, 0.6) is 11.5 Å². The van der Waals surface area contributed by atoms with Crippen LogP contribution < -0.4 is 0 Å². The van der Waals surface area contributed by atoms with E-state index in [-0.39, 0.29) is 11.5 Å². The van der Waals surface area contributed by atoms with E-state index in [0.29, 0.717) is 24.2 Å². The predicted octanol–water partition coefficient (Wildman–Crippen LogP) is 1.69. The fourth-order valence-electron chi connectivity index (χ4n) is 1.63. The first-order valence-corrected chi connectivity index (χ1v) is 8.00. The molecule has 0 saturated carbocycles. The van der Waals surface area contributed by atoms with Gasteiger partial charge in [0.1, 0.15) is 11.5 Å². The van der Waals surface area contributed by atoms with Gasteiger partial charge >= 0.3 is 24.3 Å². The van der Waals surface area contributed by atoms with Crippen LogP contribution in [0.4, 0.5) is 0 Å². The molecule has 2 rings (SSSR count). The van der Waals surface area contributed by atoms with E-state index in [1.807, 2.05) is 12.1 Å². The summed E-state index contributed by atoms with van der Waals surface area (Å²) in [5.41, 5.74) is 1.38. The third-order valence-electron chi connectivity index (χ3n) is 2.69. The monoisotopic (exact) mass is 353 g/mol. The van der Waals surface area contributed by atoms with Crippen molar-refractivity contribution in [2.75, 3.05) is 13.1 Å². The fraction of sp³-hybridized carbons (Fsp3) is 0.125. The number of benzene rings is 2. The number of nitrogens with zero attached hydrogens (tertiary/aromatic N) is 2. The summed E-state index contributed by atoms with van der Waals surface area (Å²) in [7, 11) is 0. The second-order valence-electron chi connectivity index (χ2n) is 4.28. The zero-order chi connectivity index (χ0) is 16.9. The number of rotatable bonds is 5. The molecule has 0 aliphatic rings. The average Bonchev–Trinajstić information content (AvgIpc) is 2.55. The summed E-state index contributed by atoms with van der Waals surface area (Å²) in [4.78, 5) is 8.39. The summed E-state index contributed by atoms with van der Waals surface area (Å²) in [6.45, 7) is 1.05. The van der Waals surface area contributed by atoms with Gasteiger partial charge in [-0.25, -0.2) is 0 Å². The molecular formula is C16H18N2O4V+. The number of phenols is 2. The van der Waals surface area contributed by atoms with Crippen molar-refractivity contribution in [3.63, 3.8) is 0 Å². The Morgan fingerprint density at radius 1 is 0.870 bits per heavy atom. The van der Waals surface area contributed by atoms with E-state index in [1.165, 1.54) is 0 Å². The van der Waals surface area contributed by atoms with Gasteiger partial charge < -0.3 is 10.2 Å². The molecule has 0 fully saturated rings. The van der Waals surface area contributed by atoms with Gasteiger partial charge in [-0.1, -0.05) is 24.3 Å². The Labute approximate surface area is 141 Å². The van der Waals surface area contributed by atoms with Crippen LogP contribution in [0.1, 0.15) is 11.1 Å². The van der Waals surface area contributed by atoms with Crippen molar-refractivity contribution in [2.45, 2.75) is 0 Å². The van der Waals surface area contributed by atoms with Crippen molar-refractivity contribution in [1.29, 1.82) is 0 Å². The molecule has 0 aliphatic heterocycles. The van der Waals surface area contributed by atoms with E-state index in [2.05, 4.69) is 9.98 Å². The molecule has 23 heavy (non-hydrogen) atoms. The van der Waals surface area contributed by atoms with Crippen LogP contribution in [0.3, 0.4) is 0 Å². The van der Waals surface area contributed by atoms with E-state index >= 15 is 0 Å². The minimum absolute atomic E-state index is 0.217. The summed E-state index contributed by atoms with van der Waals surface area (Å²) < 4.78 is 14.4. The molecular weight excluding hydrogens is 335 g/mol. The van der Waals surface area contributed by atoms with Crippen LogP contribution in [0.25, 0.3) is 0 Å². The van der Waals surface area contributed by atoms with E-state index in [0.717, 1.165) is 0 Å². The maximum absolute atomic E-state index is 9.54. The van der Waals surface area contributed by atoms with Crippen LogP contribution in [0, 0.1) is 0 Å². The summed E-state index contributed by atoms with van der Waals surface area (Å²) in [5, 5.41) is 19.1. The van der Waals surface area contributed by atoms with E-state index in [4.69, 9.17) is 7.71 Å². The first kappa shape index (κ1) is 18.8. The summed E-state index contributed by atoms with van der Waals surface area (Å²) in [6, 6.07) is 14.1. The minimum atomic E-state index is -1.31. The molecule has 2 aromatic rings. The molecule has 0 heterocycles. The molecule has 0 radical (unpaired) electrons. The number of para-hydroxylation sites is 2. The average molecular weight is 353 g/mol. The topological polar surface area (TPSA) is 105 Å². The molecule has 0 saturated heterocycles. The fourth-order valence-corrected chi connectivity index (χ4v) is 1.63. The van der Waals surface area contributed by atoms with Crippen molar-refractivity contribution in [3.05, 3.63) is 59.7 Å². The Hall–Kier alpha value is -2.28. The third kappa shape index (κ3) is 7.51. The van der Waals surface area contributed by atoms with Gasteiger partial charge in [0.05, 0.1) is 13.1 Å². The Bertz CT molecular complexity index is 619. The van der Waals surface area contributed by atoms with Gasteiger partial charge in [0.15, 0.2) is 0 Å². The predicted molar refractivity (Wildman–Crippen MR) is 85.4 cm³/mol. The molecule has 120 valence electrons. The van der Waals surface area contributed by atoms with Crippen molar-refractivity contribution in [1.82, 2.24) is 0 Å². The molecule has 6 nitrogen and oxygen atoms in total. The van der Waals surface area contributed by atoms with Crippen LogP contribution in [0.15, 0.2) is 58.5 Å². The first-order valence-electron chi connectivity index (χ1n) is 6.73. The van der Waals surface area contributed by atoms with Crippen LogP contribution in [-0.4, -0.2) is 39.8 Å². The Morgan fingerprint density at radius 2 is 1.22 bits per heavy atom. The maximum atomic E-state index is 9.54. The molecule has 0 unspecified atom stereocenters. The van der Waals surface area contributed by atoms with Crippen molar-refractivity contribution >= 4 is 12.4 Å². The van der Waals surface area contributed by atoms with Crippen molar-refractivity contribution in [3.8, 4) is 11.5 Å². The van der Waals surface area contributed by atoms with Gasteiger partial charge in [0.2, 0.25) is 0 Å². The van der Waals surface area contributed by atoms with Crippen molar-refractivity contribution in [2.24, 2.45) is 9.98 Å². The zero-order valence-electron chi connectivity index (χ0n) is 12.3. The summed E-state index contributed by atoms with van der Waals surface area (Å²) in [6.07, 6.45) is 3.26. The second-order valence-corrected chi connectivity index (χ2v) is 4.56. The SMILES string of the molecule is Oc1ccccc1C=NCCN=Cc1ccccc1O.[O]=[V][OH2+]. The number of hydrogen-bond donors (Lipinski definition) is 2. The molecule has 0 aliphatic carbocycles. The van der Waals surface area contributed by atoms with Crippen LogP contribution in [0.2, 0.25) is 0 Å². The molecule has 0 spiro atoms. The first-order chi connectivity index (χ1) is 11.2. The molecule has 7 heteroatoms. The van der Waals surface area contributed by atoms with E-state index in [1.54, 1.807) is 48.8 Å². The molecule has 2 aromatic carbocycles. The third-order valence-corrected chi connectivity index (χ3v) is 2.69. The Morgan fingerprint density at radius 3 is 1.57 bits per heavy atom. The number of phenolic OH excluding ortho intramolecular Hbond substituents is 2. The number of hydrogen-bond acceptors (Lipinski definition) is 5. The van der Waals surface area contributed by atoms with Crippen LogP contribution in [-0.2, 0) is 20.3 Å². The number of aliphatic imine (C=N–C) groups is 2. The van der Waals surface area contributed by atoms with Crippen LogP contribution >= 0.6 is 0 Å². The molecule has 0 aromatic heterocycles. The summed E-state index contributed by atoms with van der Waals surface area (Å²) >= 11 is -1.31. The summed E-state index contributed by atoms with van der Waals surface area (Å²) in [5.74, 6) is 0.433. The van der Waals surface area contributed by atoms with Gasteiger partial charge in [-0.2, -0.15) is 0 Å². The van der Waals surface area contributed by atoms with Gasteiger partial charge in [0, 0.05) is 23.6 Å². The van der Waals surface area contributed by atoms with Gasteiger partial charge in [-0.15, -0.1) is 0 Å². The van der Waals surface area contributed by atoms with E-state index in [9.17, 15) is 10.2 Å². The molecule has 0 bridgehead atoms. The van der Waals surface area contributed by atoms with E-state index < -0.39 is 16.6 Å². The molecule has 0 atom stereocenters. The van der Waals surface area contributed by atoms with Gasteiger partial charge in [0.25, 0.3) is 0 Å². The van der Waals surface area contributed by atoms with Gasteiger partial charge in [-0.05, 0) is 24.3 Å². The zero-order valence-corrected chi connectivity index (χ0v) is 13.7. The number of aromatic hydroxyl groups is 2. The quantitative estimate of drug-likeness (QED) is 0.485. The second kappa shape index (κ2) is 11.3. The normalized spacial score (nSPS) is 10.5. The standard InChI is InChI=1S/C16H16N2O2.H2O.O.V/c19-15-7-3-1-5-13(15)11-17-9-10-18-12-14-6-2-4-8-16(14)20;;;/h1-8,11-12,19-20H,9-10H2;1H2;;/q;;;+1. The Kier molecular flexibility index (Phi) is 9.23. The van der Waals surface area contributed by atoms with Gasteiger partial charge in [-0.3, -0.25) is 9.98 Å². The Balaban J connectivity index is 0.000000816.